The molecule has 0 saturated carbocycles. The first-order valence-corrected chi connectivity index (χ1v) is 11.0. The lowest BCUT2D eigenvalue weighted by Gasteiger charge is -2.36. The molecule has 3 aromatic heterocycles. The predicted molar refractivity (Wildman–Crippen MR) is 120 cm³/mol. The minimum Gasteiger partial charge on any atom is -0.338 e. The monoisotopic (exact) mass is 433 g/mol. The Morgan fingerprint density at radius 2 is 1.81 bits per heavy atom. The van der Waals surface area contributed by atoms with Crippen molar-refractivity contribution < 1.29 is 4.52 Å². The largest absolute Gasteiger partial charge is 0.338 e. The van der Waals surface area contributed by atoms with E-state index in [1.54, 1.807) is 21.5 Å². The van der Waals surface area contributed by atoms with Crippen molar-refractivity contribution in [2.75, 3.05) is 26.2 Å². The SMILES string of the molecule is CC(C)N1CCN(Cc2nc(Cn3ccn4nc(-c5ccccc5)cc4c3=O)no2)CC1. The number of benzene rings is 1. The van der Waals surface area contributed by atoms with Gasteiger partial charge in [0.05, 0.1) is 18.8 Å². The number of piperazine rings is 1. The third kappa shape index (κ3) is 4.21. The molecule has 1 aliphatic heterocycles. The van der Waals surface area contributed by atoms with Crippen LogP contribution in [0.3, 0.4) is 0 Å². The molecule has 166 valence electrons. The first-order valence-electron chi connectivity index (χ1n) is 11.0. The normalized spacial score (nSPS) is 15.7. The molecule has 1 fully saturated rings. The Balaban J connectivity index is 1.28. The zero-order valence-corrected chi connectivity index (χ0v) is 18.4. The smallest absolute Gasteiger partial charge is 0.277 e. The first-order chi connectivity index (χ1) is 15.6. The van der Waals surface area contributed by atoms with Crippen molar-refractivity contribution in [2.45, 2.75) is 33.0 Å². The van der Waals surface area contributed by atoms with Crippen LogP contribution in [-0.4, -0.2) is 66.3 Å². The van der Waals surface area contributed by atoms with Crippen LogP contribution in [0.2, 0.25) is 0 Å². The van der Waals surface area contributed by atoms with Gasteiger partial charge in [0.15, 0.2) is 5.82 Å². The first kappa shape index (κ1) is 20.6. The van der Waals surface area contributed by atoms with Crippen LogP contribution in [0.25, 0.3) is 16.8 Å². The second kappa shape index (κ2) is 8.68. The fraction of sp³-hybridized carbons (Fsp3) is 0.391. The third-order valence-corrected chi connectivity index (χ3v) is 5.99. The van der Waals surface area contributed by atoms with Gasteiger partial charge in [-0.2, -0.15) is 10.1 Å². The van der Waals surface area contributed by atoms with E-state index in [1.807, 2.05) is 36.4 Å². The molecule has 0 unspecified atom stereocenters. The van der Waals surface area contributed by atoms with Gasteiger partial charge < -0.3 is 9.09 Å². The maximum absolute atomic E-state index is 13.0. The van der Waals surface area contributed by atoms with Crippen molar-refractivity contribution in [3.63, 3.8) is 0 Å². The van der Waals surface area contributed by atoms with Crippen LogP contribution < -0.4 is 5.56 Å². The van der Waals surface area contributed by atoms with Gasteiger partial charge in [0.25, 0.3) is 5.56 Å². The fourth-order valence-corrected chi connectivity index (χ4v) is 4.10. The quantitative estimate of drug-likeness (QED) is 0.460. The minimum atomic E-state index is -0.140. The van der Waals surface area contributed by atoms with Gasteiger partial charge in [-0.05, 0) is 19.9 Å². The van der Waals surface area contributed by atoms with Crippen LogP contribution in [0.5, 0.6) is 0 Å². The molecular formula is C23H27N7O2. The number of hydrogen-bond donors (Lipinski definition) is 0. The summed E-state index contributed by atoms with van der Waals surface area (Å²) in [5, 5.41) is 8.61. The lowest BCUT2D eigenvalue weighted by atomic mass is 10.1. The standard InChI is InChI=1S/C23H27N7O2/c1-17(2)28-10-8-27(9-11-28)16-22-24-21(26-32-22)15-29-12-13-30-20(23(29)31)14-19(25-30)18-6-4-3-5-7-18/h3-7,12-14,17H,8-11,15-16H2,1-2H3. The molecule has 4 aromatic rings. The Kier molecular flexibility index (Phi) is 5.59. The van der Waals surface area contributed by atoms with Crippen molar-refractivity contribution in [2.24, 2.45) is 0 Å². The highest BCUT2D eigenvalue weighted by Gasteiger charge is 2.21. The zero-order chi connectivity index (χ0) is 22.1. The van der Waals surface area contributed by atoms with E-state index >= 15 is 0 Å². The van der Waals surface area contributed by atoms with Gasteiger partial charge in [-0.3, -0.25) is 14.6 Å². The predicted octanol–water partition coefficient (Wildman–Crippen LogP) is 2.12. The van der Waals surface area contributed by atoms with Gasteiger partial charge >= 0.3 is 0 Å². The molecule has 0 N–H and O–H groups in total. The minimum absolute atomic E-state index is 0.140. The highest BCUT2D eigenvalue weighted by Crippen LogP contribution is 2.17. The summed E-state index contributed by atoms with van der Waals surface area (Å²) >= 11 is 0. The lowest BCUT2D eigenvalue weighted by Crippen LogP contribution is -2.48. The van der Waals surface area contributed by atoms with Gasteiger partial charge in [-0.15, -0.1) is 0 Å². The molecule has 9 nitrogen and oxygen atoms in total. The van der Waals surface area contributed by atoms with Crippen molar-refractivity contribution in [1.29, 1.82) is 0 Å². The van der Waals surface area contributed by atoms with Crippen LogP contribution in [0.4, 0.5) is 0 Å². The summed E-state index contributed by atoms with van der Waals surface area (Å²) in [6, 6.07) is 12.2. The van der Waals surface area contributed by atoms with E-state index in [1.165, 1.54) is 0 Å². The Hall–Kier alpha value is -3.30. The summed E-state index contributed by atoms with van der Waals surface area (Å²) in [6.45, 7) is 9.40. The van der Waals surface area contributed by atoms with Crippen LogP contribution >= 0.6 is 0 Å². The number of aromatic nitrogens is 5. The molecule has 0 amide bonds. The van der Waals surface area contributed by atoms with E-state index in [9.17, 15) is 4.79 Å². The molecular weight excluding hydrogens is 406 g/mol. The fourth-order valence-electron chi connectivity index (χ4n) is 4.10. The summed E-state index contributed by atoms with van der Waals surface area (Å²) in [5.41, 5.74) is 2.11. The van der Waals surface area contributed by atoms with E-state index < -0.39 is 0 Å². The topological polar surface area (TPSA) is 84.7 Å². The average molecular weight is 434 g/mol. The van der Waals surface area contributed by atoms with Gasteiger partial charge in [0.1, 0.15) is 5.52 Å². The second-order valence-corrected chi connectivity index (χ2v) is 8.47. The molecule has 0 aliphatic carbocycles. The molecule has 0 bridgehead atoms. The Bertz CT molecular complexity index is 1250. The van der Waals surface area contributed by atoms with Crippen LogP contribution in [0.1, 0.15) is 25.6 Å². The van der Waals surface area contributed by atoms with E-state index in [4.69, 9.17) is 4.52 Å². The molecule has 0 atom stereocenters. The molecule has 1 aromatic carbocycles. The average Bonchev–Trinajstić information content (AvgIpc) is 3.44. The molecule has 4 heterocycles. The molecule has 1 saturated heterocycles. The molecule has 32 heavy (non-hydrogen) atoms. The summed E-state index contributed by atoms with van der Waals surface area (Å²) in [4.78, 5) is 22.3. The van der Waals surface area contributed by atoms with Gasteiger partial charge in [-0.1, -0.05) is 35.5 Å². The third-order valence-electron chi connectivity index (χ3n) is 5.99. The molecule has 1 aliphatic rings. The maximum atomic E-state index is 13.0. The van der Waals surface area contributed by atoms with Crippen molar-refractivity contribution in [3.05, 3.63) is 70.9 Å². The zero-order valence-electron chi connectivity index (χ0n) is 18.4. The van der Waals surface area contributed by atoms with E-state index in [2.05, 4.69) is 38.9 Å². The Morgan fingerprint density at radius 3 is 2.56 bits per heavy atom. The molecule has 9 heteroatoms. The number of rotatable bonds is 6. The van der Waals surface area contributed by atoms with Crippen molar-refractivity contribution in [3.8, 4) is 11.3 Å². The Morgan fingerprint density at radius 1 is 1.03 bits per heavy atom. The summed E-state index contributed by atoms with van der Waals surface area (Å²) in [5.74, 6) is 1.08. The molecule has 0 spiro atoms. The second-order valence-electron chi connectivity index (χ2n) is 8.47. The number of fused-ring (bicyclic) bond motifs is 1. The lowest BCUT2D eigenvalue weighted by molar-refractivity contribution is 0.0960. The van der Waals surface area contributed by atoms with Crippen molar-refractivity contribution >= 4 is 5.52 Å². The summed E-state index contributed by atoms with van der Waals surface area (Å²) < 4.78 is 8.65. The number of nitrogens with zero attached hydrogens (tertiary/aromatic N) is 7. The van der Waals surface area contributed by atoms with E-state index in [-0.39, 0.29) is 12.1 Å². The van der Waals surface area contributed by atoms with E-state index in [0.717, 1.165) is 37.4 Å². The molecule has 0 radical (unpaired) electrons. The summed E-state index contributed by atoms with van der Waals surface area (Å²) in [7, 11) is 0. The summed E-state index contributed by atoms with van der Waals surface area (Å²) in [6.07, 6.45) is 3.48. The van der Waals surface area contributed by atoms with Gasteiger partial charge in [0, 0.05) is 50.2 Å². The van der Waals surface area contributed by atoms with Crippen LogP contribution in [-0.2, 0) is 13.1 Å². The number of hydrogen-bond acceptors (Lipinski definition) is 7. The highest BCUT2D eigenvalue weighted by molar-refractivity contribution is 5.65. The van der Waals surface area contributed by atoms with Crippen LogP contribution in [0, 0.1) is 0 Å². The van der Waals surface area contributed by atoms with Gasteiger partial charge in [0.2, 0.25) is 5.89 Å². The van der Waals surface area contributed by atoms with Crippen LogP contribution in [0.15, 0.2) is 58.1 Å². The van der Waals surface area contributed by atoms with Gasteiger partial charge in [-0.25, -0.2) is 4.52 Å². The Labute approximate surface area is 185 Å². The highest BCUT2D eigenvalue weighted by atomic mass is 16.5. The maximum Gasteiger partial charge on any atom is 0.277 e. The molecule has 5 rings (SSSR count). The van der Waals surface area contributed by atoms with E-state index in [0.29, 0.717) is 29.8 Å². The van der Waals surface area contributed by atoms with Crippen molar-refractivity contribution in [1.82, 2.24) is 34.1 Å².